The van der Waals surface area contributed by atoms with E-state index in [9.17, 15) is 4.79 Å². The second-order valence-corrected chi connectivity index (χ2v) is 9.29. The zero-order valence-corrected chi connectivity index (χ0v) is 21.1. The fourth-order valence-corrected chi connectivity index (χ4v) is 4.28. The number of aromatic nitrogens is 1. The standard InChI is InChI=1S/C31H33N3O2/c1-24-14-16-25(17-15-24)22-31(26-10-6-4-7-11-26,27-12-8-5-9-13-27)30(35)33-28-18-19-29(32-23-28)36-21-20-34(2)3/h4-19,23H,20-22H2,1-3H3,(H,33,35). The molecule has 5 nitrogen and oxygen atoms in total. The molecule has 36 heavy (non-hydrogen) atoms. The summed E-state index contributed by atoms with van der Waals surface area (Å²) in [4.78, 5) is 20.7. The largest absolute Gasteiger partial charge is 0.476 e. The van der Waals surface area contributed by atoms with Crippen LogP contribution in [0.5, 0.6) is 5.88 Å². The number of anilines is 1. The third kappa shape index (κ3) is 5.99. The van der Waals surface area contributed by atoms with E-state index in [-0.39, 0.29) is 5.91 Å². The first-order chi connectivity index (χ1) is 17.5. The Bertz CT molecular complexity index is 1200. The van der Waals surface area contributed by atoms with Crippen LogP contribution in [0, 0.1) is 6.92 Å². The second kappa shape index (κ2) is 11.6. The Kier molecular flexibility index (Phi) is 8.13. The number of nitrogens with zero attached hydrogens (tertiary/aromatic N) is 2. The van der Waals surface area contributed by atoms with Gasteiger partial charge in [0.15, 0.2) is 0 Å². The average Bonchev–Trinajstić information content (AvgIpc) is 2.90. The van der Waals surface area contributed by atoms with Gasteiger partial charge in [-0.1, -0.05) is 90.5 Å². The Morgan fingerprint density at radius 2 is 1.47 bits per heavy atom. The van der Waals surface area contributed by atoms with Gasteiger partial charge < -0.3 is 15.0 Å². The molecule has 0 atom stereocenters. The summed E-state index contributed by atoms with van der Waals surface area (Å²) in [6.45, 7) is 3.42. The third-order valence-electron chi connectivity index (χ3n) is 6.29. The minimum Gasteiger partial charge on any atom is -0.476 e. The summed E-state index contributed by atoms with van der Waals surface area (Å²) in [7, 11) is 4.00. The summed E-state index contributed by atoms with van der Waals surface area (Å²) in [6, 6.07) is 32.0. The number of rotatable bonds is 10. The predicted molar refractivity (Wildman–Crippen MR) is 145 cm³/mol. The topological polar surface area (TPSA) is 54.5 Å². The zero-order valence-electron chi connectivity index (χ0n) is 21.1. The van der Waals surface area contributed by atoms with Gasteiger partial charge in [-0.15, -0.1) is 0 Å². The van der Waals surface area contributed by atoms with Crippen molar-refractivity contribution in [3.8, 4) is 5.88 Å². The van der Waals surface area contributed by atoms with E-state index in [1.165, 1.54) is 5.56 Å². The first kappa shape index (κ1) is 25.1. The van der Waals surface area contributed by atoms with Gasteiger partial charge in [-0.2, -0.15) is 0 Å². The molecule has 4 aromatic rings. The van der Waals surface area contributed by atoms with Crippen LogP contribution in [0.4, 0.5) is 5.69 Å². The summed E-state index contributed by atoms with van der Waals surface area (Å²) in [5.74, 6) is 0.426. The van der Waals surface area contributed by atoms with Crippen LogP contribution in [0.15, 0.2) is 103 Å². The Balaban J connectivity index is 1.69. The van der Waals surface area contributed by atoms with Gasteiger partial charge in [-0.05, 0) is 50.2 Å². The number of hydrogen-bond donors (Lipinski definition) is 1. The lowest BCUT2D eigenvalue weighted by Crippen LogP contribution is -2.43. The molecule has 0 radical (unpaired) electrons. The lowest BCUT2D eigenvalue weighted by atomic mass is 9.69. The van der Waals surface area contributed by atoms with Gasteiger partial charge in [0.2, 0.25) is 11.8 Å². The Morgan fingerprint density at radius 1 is 0.861 bits per heavy atom. The van der Waals surface area contributed by atoms with Crippen LogP contribution in [0.3, 0.4) is 0 Å². The maximum Gasteiger partial charge on any atom is 0.239 e. The first-order valence-corrected chi connectivity index (χ1v) is 12.2. The number of aryl methyl sites for hydroxylation is 1. The molecule has 0 saturated carbocycles. The Morgan fingerprint density at radius 3 is 2.00 bits per heavy atom. The maximum atomic E-state index is 14.3. The van der Waals surface area contributed by atoms with Gasteiger partial charge in [-0.3, -0.25) is 4.79 Å². The van der Waals surface area contributed by atoms with E-state index in [4.69, 9.17) is 4.74 Å². The van der Waals surface area contributed by atoms with Crippen LogP contribution in [-0.4, -0.2) is 43.0 Å². The second-order valence-electron chi connectivity index (χ2n) is 9.29. The minimum atomic E-state index is -0.932. The SMILES string of the molecule is Cc1ccc(CC(C(=O)Nc2ccc(OCCN(C)C)nc2)(c2ccccc2)c2ccccc2)cc1. The van der Waals surface area contributed by atoms with E-state index in [0.717, 1.165) is 23.2 Å². The molecule has 0 aliphatic heterocycles. The van der Waals surface area contributed by atoms with Gasteiger partial charge in [0.1, 0.15) is 12.0 Å². The summed E-state index contributed by atoms with van der Waals surface area (Å²) in [6.07, 6.45) is 2.17. The van der Waals surface area contributed by atoms with E-state index >= 15 is 0 Å². The number of amides is 1. The molecule has 184 valence electrons. The molecule has 0 aliphatic carbocycles. The molecule has 0 saturated heterocycles. The van der Waals surface area contributed by atoms with E-state index < -0.39 is 5.41 Å². The summed E-state index contributed by atoms with van der Waals surface area (Å²) in [5.41, 5.74) is 3.84. The fourth-order valence-electron chi connectivity index (χ4n) is 4.28. The van der Waals surface area contributed by atoms with Crippen molar-refractivity contribution >= 4 is 11.6 Å². The molecular formula is C31H33N3O2. The smallest absolute Gasteiger partial charge is 0.239 e. The van der Waals surface area contributed by atoms with Crippen LogP contribution in [-0.2, 0) is 16.6 Å². The van der Waals surface area contributed by atoms with Crippen LogP contribution in [0.1, 0.15) is 22.3 Å². The number of benzene rings is 3. The van der Waals surface area contributed by atoms with E-state index in [1.807, 2.05) is 80.8 Å². The lowest BCUT2D eigenvalue weighted by Gasteiger charge is -2.34. The van der Waals surface area contributed by atoms with E-state index in [0.29, 0.717) is 24.6 Å². The van der Waals surface area contributed by atoms with Crippen LogP contribution in [0.2, 0.25) is 0 Å². The van der Waals surface area contributed by atoms with Crippen LogP contribution in [0.25, 0.3) is 0 Å². The number of carbonyl (C=O) groups excluding carboxylic acids is 1. The summed E-state index contributed by atoms with van der Waals surface area (Å²) in [5, 5.41) is 3.15. The number of likely N-dealkylation sites (N-methyl/N-ethyl adjacent to an activating group) is 1. The molecule has 0 aliphatic rings. The Labute approximate surface area is 213 Å². The summed E-state index contributed by atoms with van der Waals surface area (Å²) < 4.78 is 5.71. The zero-order chi connectivity index (χ0) is 25.4. The van der Waals surface area contributed by atoms with Crippen molar-refractivity contribution in [1.82, 2.24) is 9.88 Å². The molecule has 3 aromatic carbocycles. The average molecular weight is 480 g/mol. The van der Waals surface area contributed by atoms with Crippen molar-refractivity contribution in [2.45, 2.75) is 18.8 Å². The third-order valence-corrected chi connectivity index (χ3v) is 6.29. The van der Waals surface area contributed by atoms with Crippen LogP contribution < -0.4 is 10.1 Å². The minimum absolute atomic E-state index is 0.108. The first-order valence-electron chi connectivity index (χ1n) is 12.2. The fraction of sp³-hybridized carbons (Fsp3) is 0.226. The highest BCUT2D eigenvalue weighted by Crippen LogP contribution is 2.37. The van der Waals surface area contributed by atoms with Crippen molar-refractivity contribution < 1.29 is 9.53 Å². The van der Waals surface area contributed by atoms with Crippen molar-refractivity contribution in [2.75, 3.05) is 32.6 Å². The normalized spacial score (nSPS) is 11.3. The molecule has 5 heteroatoms. The number of hydrogen-bond acceptors (Lipinski definition) is 4. The molecule has 4 rings (SSSR count). The molecule has 1 aromatic heterocycles. The quantitative estimate of drug-likeness (QED) is 0.326. The van der Waals surface area contributed by atoms with Crippen molar-refractivity contribution in [3.05, 3.63) is 126 Å². The molecule has 1 heterocycles. The number of ether oxygens (including phenoxy) is 1. The van der Waals surface area contributed by atoms with E-state index in [2.05, 4.69) is 46.4 Å². The van der Waals surface area contributed by atoms with Crippen LogP contribution >= 0.6 is 0 Å². The molecule has 0 spiro atoms. The van der Waals surface area contributed by atoms with Gasteiger partial charge in [0, 0.05) is 12.6 Å². The molecule has 0 fully saturated rings. The monoisotopic (exact) mass is 479 g/mol. The molecule has 1 amide bonds. The highest BCUT2D eigenvalue weighted by molar-refractivity contribution is 6.02. The molecule has 1 N–H and O–H groups in total. The van der Waals surface area contributed by atoms with Crippen molar-refractivity contribution in [1.29, 1.82) is 0 Å². The van der Waals surface area contributed by atoms with Gasteiger partial charge in [-0.25, -0.2) is 4.98 Å². The lowest BCUT2D eigenvalue weighted by molar-refractivity contribution is -0.120. The molecule has 0 unspecified atom stereocenters. The highest BCUT2D eigenvalue weighted by Gasteiger charge is 2.42. The van der Waals surface area contributed by atoms with Gasteiger partial charge >= 0.3 is 0 Å². The molecular weight excluding hydrogens is 446 g/mol. The predicted octanol–water partition coefficient (Wildman–Crippen LogP) is 5.50. The van der Waals surface area contributed by atoms with E-state index in [1.54, 1.807) is 12.3 Å². The Hall–Kier alpha value is -3.96. The molecule has 0 bridgehead atoms. The summed E-state index contributed by atoms with van der Waals surface area (Å²) >= 11 is 0. The van der Waals surface area contributed by atoms with Crippen molar-refractivity contribution in [2.24, 2.45) is 0 Å². The van der Waals surface area contributed by atoms with Crippen molar-refractivity contribution in [3.63, 3.8) is 0 Å². The number of pyridine rings is 1. The highest BCUT2D eigenvalue weighted by atomic mass is 16.5. The maximum absolute atomic E-state index is 14.3. The number of nitrogens with one attached hydrogen (secondary N) is 1. The van der Waals surface area contributed by atoms with Gasteiger partial charge in [0.25, 0.3) is 0 Å². The van der Waals surface area contributed by atoms with Gasteiger partial charge in [0.05, 0.1) is 11.9 Å². The number of carbonyl (C=O) groups is 1.